The third-order valence-electron chi connectivity index (χ3n) is 3.56. The lowest BCUT2D eigenvalue weighted by atomic mass is 10.1. The summed E-state index contributed by atoms with van der Waals surface area (Å²) in [4.78, 5) is 23.3. The summed E-state index contributed by atoms with van der Waals surface area (Å²) in [5, 5.41) is 0. The van der Waals surface area contributed by atoms with Gasteiger partial charge in [0, 0.05) is 0 Å². The first-order chi connectivity index (χ1) is 10.6. The van der Waals surface area contributed by atoms with Crippen LogP contribution in [0.3, 0.4) is 0 Å². The van der Waals surface area contributed by atoms with E-state index >= 15 is 0 Å². The van der Waals surface area contributed by atoms with Gasteiger partial charge in [0.2, 0.25) is 0 Å². The van der Waals surface area contributed by atoms with Crippen LogP contribution < -0.4 is 0 Å². The minimum atomic E-state index is -0.296. The lowest BCUT2D eigenvalue weighted by molar-refractivity contribution is -0.154. The van der Waals surface area contributed by atoms with Crippen molar-refractivity contribution in [3.05, 3.63) is 0 Å². The lowest BCUT2D eigenvalue weighted by Crippen LogP contribution is -2.19. The van der Waals surface area contributed by atoms with Crippen LogP contribution in [0.4, 0.5) is 0 Å². The number of carbonyl (C=O) groups excluding carboxylic acids is 2. The Morgan fingerprint density at radius 2 is 1.36 bits per heavy atom. The largest absolute Gasteiger partial charge is 0.466 e. The average Bonchev–Trinajstić information content (AvgIpc) is 2.49. The molecule has 0 aliphatic heterocycles. The molecule has 0 unspecified atom stereocenters. The van der Waals surface area contributed by atoms with Gasteiger partial charge in [-0.1, -0.05) is 59.3 Å². The first kappa shape index (κ1) is 20.9. The molecule has 4 nitrogen and oxygen atoms in total. The van der Waals surface area contributed by atoms with Crippen molar-refractivity contribution in [3.8, 4) is 0 Å². The quantitative estimate of drug-likeness (QED) is 0.341. The summed E-state index contributed by atoms with van der Waals surface area (Å²) < 4.78 is 10.5. The van der Waals surface area contributed by atoms with E-state index in [0.29, 0.717) is 6.61 Å². The summed E-state index contributed by atoms with van der Waals surface area (Å²) in [6.45, 7) is 6.79. The van der Waals surface area contributed by atoms with Gasteiger partial charge in [0.15, 0.2) is 0 Å². The van der Waals surface area contributed by atoms with Gasteiger partial charge in [-0.25, -0.2) is 0 Å². The normalized spacial score (nSPS) is 10.7. The smallest absolute Gasteiger partial charge is 0.306 e. The SMILES string of the molecule is CCCCCCCOC(=O)CCC(=O)OC(CCC)CCC. The second-order valence-electron chi connectivity index (χ2n) is 5.82. The van der Waals surface area contributed by atoms with Gasteiger partial charge >= 0.3 is 11.9 Å². The van der Waals surface area contributed by atoms with Crippen molar-refractivity contribution in [1.29, 1.82) is 0 Å². The first-order valence-electron chi connectivity index (χ1n) is 8.99. The predicted octanol–water partition coefficient (Wildman–Crippen LogP) is 4.79. The van der Waals surface area contributed by atoms with Gasteiger partial charge in [-0.05, 0) is 19.3 Å². The maximum atomic E-state index is 11.7. The second kappa shape index (κ2) is 14.9. The van der Waals surface area contributed by atoms with E-state index in [4.69, 9.17) is 9.47 Å². The number of carbonyl (C=O) groups is 2. The van der Waals surface area contributed by atoms with Crippen molar-refractivity contribution < 1.29 is 19.1 Å². The minimum absolute atomic E-state index is 0.00270. The molecule has 0 aromatic carbocycles. The highest BCUT2D eigenvalue weighted by molar-refractivity contribution is 5.77. The molecule has 0 rings (SSSR count). The van der Waals surface area contributed by atoms with Gasteiger partial charge in [-0.2, -0.15) is 0 Å². The zero-order valence-electron chi connectivity index (χ0n) is 14.7. The van der Waals surface area contributed by atoms with Crippen molar-refractivity contribution in [3.63, 3.8) is 0 Å². The van der Waals surface area contributed by atoms with E-state index in [2.05, 4.69) is 20.8 Å². The molecule has 0 amide bonds. The third-order valence-corrected chi connectivity index (χ3v) is 3.56. The van der Waals surface area contributed by atoms with Crippen LogP contribution >= 0.6 is 0 Å². The summed E-state index contributed by atoms with van der Waals surface area (Å²) in [5.41, 5.74) is 0. The van der Waals surface area contributed by atoms with E-state index in [1.807, 2.05) is 0 Å². The van der Waals surface area contributed by atoms with Crippen LogP contribution in [0.5, 0.6) is 0 Å². The summed E-state index contributed by atoms with van der Waals surface area (Å²) >= 11 is 0. The minimum Gasteiger partial charge on any atom is -0.466 e. The lowest BCUT2D eigenvalue weighted by Gasteiger charge is -2.16. The molecule has 0 aromatic heterocycles. The molecule has 0 spiro atoms. The summed E-state index contributed by atoms with van der Waals surface area (Å²) in [6.07, 6.45) is 9.66. The molecule has 0 aliphatic carbocycles. The predicted molar refractivity (Wildman–Crippen MR) is 88.6 cm³/mol. The number of rotatable bonds is 14. The molecular weight excluding hydrogens is 280 g/mol. The molecule has 0 aliphatic rings. The Hall–Kier alpha value is -1.06. The molecule has 0 saturated carbocycles. The van der Waals surface area contributed by atoms with E-state index in [0.717, 1.165) is 38.5 Å². The average molecular weight is 314 g/mol. The van der Waals surface area contributed by atoms with E-state index in [-0.39, 0.29) is 30.9 Å². The van der Waals surface area contributed by atoms with E-state index in [9.17, 15) is 9.59 Å². The van der Waals surface area contributed by atoms with Crippen LogP contribution in [0, 0.1) is 0 Å². The van der Waals surface area contributed by atoms with Crippen molar-refractivity contribution in [1.82, 2.24) is 0 Å². The molecule has 0 saturated heterocycles. The highest BCUT2D eigenvalue weighted by Crippen LogP contribution is 2.11. The molecule has 0 aromatic rings. The van der Waals surface area contributed by atoms with Crippen LogP contribution in [0.15, 0.2) is 0 Å². The molecule has 0 bridgehead atoms. The van der Waals surface area contributed by atoms with Crippen molar-refractivity contribution in [2.45, 2.75) is 97.5 Å². The molecule has 0 N–H and O–H groups in total. The Labute approximate surface area is 135 Å². The number of ether oxygens (including phenoxy) is 2. The molecule has 0 atom stereocenters. The van der Waals surface area contributed by atoms with Crippen LogP contribution in [-0.2, 0) is 19.1 Å². The van der Waals surface area contributed by atoms with E-state index < -0.39 is 0 Å². The van der Waals surface area contributed by atoms with Crippen LogP contribution in [-0.4, -0.2) is 24.6 Å². The Kier molecular flexibility index (Phi) is 14.1. The molecule has 130 valence electrons. The zero-order chi connectivity index (χ0) is 16.6. The Morgan fingerprint density at radius 1 is 0.773 bits per heavy atom. The van der Waals surface area contributed by atoms with Crippen LogP contribution in [0.1, 0.15) is 91.4 Å². The topological polar surface area (TPSA) is 52.6 Å². The number of hydrogen-bond donors (Lipinski definition) is 0. The van der Waals surface area contributed by atoms with Crippen molar-refractivity contribution in [2.24, 2.45) is 0 Å². The van der Waals surface area contributed by atoms with Gasteiger partial charge < -0.3 is 9.47 Å². The number of esters is 2. The Balaban J connectivity index is 3.68. The monoisotopic (exact) mass is 314 g/mol. The highest BCUT2D eigenvalue weighted by atomic mass is 16.5. The molecule has 0 heterocycles. The van der Waals surface area contributed by atoms with Gasteiger partial charge in [0.25, 0.3) is 0 Å². The van der Waals surface area contributed by atoms with E-state index in [1.54, 1.807) is 0 Å². The molecule has 4 heteroatoms. The maximum absolute atomic E-state index is 11.7. The Morgan fingerprint density at radius 3 is 1.95 bits per heavy atom. The summed E-state index contributed by atoms with van der Waals surface area (Å²) in [6, 6.07) is 0. The molecule has 22 heavy (non-hydrogen) atoms. The highest BCUT2D eigenvalue weighted by Gasteiger charge is 2.14. The molecular formula is C18H34O4. The summed E-state index contributed by atoms with van der Waals surface area (Å²) in [5.74, 6) is -0.582. The Bertz CT molecular complexity index is 283. The maximum Gasteiger partial charge on any atom is 0.306 e. The van der Waals surface area contributed by atoms with Gasteiger partial charge in [0.05, 0.1) is 19.4 Å². The van der Waals surface area contributed by atoms with Gasteiger partial charge in [-0.15, -0.1) is 0 Å². The van der Waals surface area contributed by atoms with Crippen molar-refractivity contribution in [2.75, 3.05) is 6.61 Å². The number of unbranched alkanes of at least 4 members (excludes halogenated alkanes) is 4. The summed E-state index contributed by atoms with van der Waals surface area (Å²) in [7, 11) is 0. The zero-order valence-corrected chi connectivity index (χ0v) is 14.7. The molecule has 0 radical (unpaired) electrons. The first-order valence-corrected chi connectivity index (χ1v) is 8.99. The third kappa shape index (κ3) is 12.7. The molecule has 0 fully saturated rings. The fourth-order valence-corrected chi connectivity index (χ4v) is 2.32. The van der Waals surface area contributed by atoms with Crippen molar-refractivity contribution >= 4 is 11.9 Å². The fraction of sp³-hybridized carbons (Fsp3) is 0.889. The fourth-order valence-electron chi connectivity index (χ4n) is 2.32. The van der Waals surface area contributed by atoms with Crippen LogP contribution in [0.25, 0.3) is 0 Å². The van der Waals surface area contributed by atoms with E-state index in [1.165, 1.54) is 19.3 Å². The standard InChI is InChI=1S/C18H34O4/c1-4-7-8-9-10-15-21-17(19)13-14-18(20)22-16(11-5-2)12-6-3/h16H,4-15H2,1-3H3. The van der Waals surface area contributed by atoms with Crippen LogP contribution in [0.2, 0.25) is 0 Å². The number of hydrogen-bond acceptors (Lipinski definition) is 4. The van der Waals surface area contributed by atoms with Gasteiger partial charge in [-0.3, -0.25) is 9.59 Å². The van der Waals surface area contributed by atoms with Gasteiger partial charge in [0.1, 0.15) is 6.10 Å². The second-order valence-corrected chi connectivity index (χ2v) is 5.82.